The summed E-state index contributed by atoms with van der Waals surface area (Å²) >= 11 is 1.48. The molecule has 1 heterocycles. The summed E-state index contributed by atoms with van der Waals surface area (Å²) in [5.41, 5.74) is 1.98. The number of hydrogen-bond donors (Lipinski definition) is 0. The second-order valence-electron chi connectivity index (χ2n) is 4.72. The minimum absolute atomic E-state index is 0.100. The zero-order valence-electron chi connectivity index (χ0n) is 11.2. The van der Waals surface area contributed by atoms with Gasteiger partial charge in [0, 0.05) is 5.92 Å². The average Bonchev–Trinajstić information content (AvgIpc) is 2.93. The summed E-state index contributed by atoms with van der Waals surface area (Å²) in [6, 6.07) is 17.8. The highest BCUT2D eigenvalue weighted by Gasteiger charge is 2.23. The number of benzene rings is 2. The molecule has 0 aliphatic carbocycles. The van der Waals surface area contributed by atoms with Crippen molar-refractivity contribution >= 4 is 27.3 Å². The van der Waals surface area contributed by atoms with Crippen LogP contribution in [0.1, 0.15) is 34.6 Å². The summed E-state index contributed by atoms with van der Waals surface area (Å²) in [7, 11) is 0. The third-order valence-electron chi connectivity index (χ3n) is 3.43. The molecule has 2 nitrogen and oxygen atoms in total. The molecule has 1 atom stereocenters. The number of thiazole rings is 1. The minimum atomic E-state index is -0.100. The van der Waals surface area contributed by atoms with Gasteiger partial charge in [0.15, 0.2) is 10.8 Å². The van der Waals surface area contributed by atoms with E-state index in [1.807, 2.05) is 61.5 Å². The van der Waals surface area contributed by atoms with E-state index in [1.165, 1.54) is 11.3 Å². The number of nitrogens with zero attached hydrogens (tertiary/aromatic N) is 1. The van der Waals surface area contributed by atoms with Crippen molar-refractivity contribution in [3.8, 4) is 0 Å². The molecule has 0 spiro atoms. The molecule has 0 N–H and O–H groups in total. The molecule has 1 unspecified atom stereocenters. The van der Waals surface area contributed by atoms with Crippen molar-refractivity contribution in [2.45, 2.75) is 19.3 Å². The first-order chi connectivity index (χ1) is 9.79. The van der Waals surface area contributed by atoms with Gasteiger partial charge in [-0.25, -0.2) is 4.98 Å². The number of carbonyl (C=O) groups is 1. The van der Waals surface area contributed by atoms with Crippen LogP contribution in [-0.2, 0) is 0 Å². The van der Waals surface area contributed by atoms with Gasteiger partial charge in [0.05, 0.1) is 10.2 Å². The molecule has 3 heteroatoms. The largest absolute Gasteiger partial charge is 0.291 e. The fourth-order valence-electron chi connectivity index (χ4n) is 2.38. The van der Waals surface area contributed by atoms with Crippen LogP contribution in [0, 0.1) is 0 Å². The molecular weight excluding hydrogens is 266 g/mol. The summed E-state index contributed by atoms with van der Waals surface area (Å²) < 4.78 is 1.07. The average molecular weight is 281 g/mol. The lowest BCUT2D eigenvalue weighted by Crippen LogP contribution is -2.11. The van der Waals surface area contributed by atoms with Crippen molar-refractivity contribution in [2.75, 3.05) is 0 Å². The summed E-state index contributed by atoms with van der Waals surface area (Å²) in [4.78, 5) is 17.2. The van der Waals surface area contributed by atoms with Crippen LogP contribution in [0.4, 0.5) is 0 Å². The van der Waals surface area contributed by atoms with Crippen molar-refractivity contribution < 1.29 is 4.79 Å². The van der Waals surface area contributed by atoms with Crippen LogP contribution in [0.15, 0.2) is 54.6 Å². The van der Waals surface area contributed by atoms with Crippen LogP contribution in [0.25, 0.3) is 10.2 Å². The normalized spacial score (nSPS) is 12.4. The van der Waals surface area contributed by atoms with E-state index in [-0.39, 0.29) is 11.7 Å². The fourth-order valence-corrected chi connectivity index (χ4v) is 3.34. The Bertz CT molecular complexity index is 700. The van der Waals surface area contributed by atoms with Crippen LogP contribution in [0.5, 0.6) is 0 Å². The number of fused-ring (bicyclic) bond motifs is 1. The van der Waals surface area contributed by atoms with Gasteiger partial charge in [0.1, 0.15) is 0 Å². The molecule has 0 saturated carbocycles. The lowest BCUT2D eigenvalue weighted by Gasteiger charge is -2.12. The molecule has 3 aromatic rings. The van der Waals surface area contributed by atoms with Crippen molar-refractivity contribution in [1.82, 2.24) is 4.98 Å². The van der Waals surface area contributed by atoms with Gasteiger partial charge < -0.3 is 0 Å². The van der Waals surface area contributed by atoms with Crippen molar-refractivity contribution in [1.29, 1.82) is 0 Å². The van der Waals surface area contributed by atoms with Gasteiger partial charge in [-0.05, 0) is 24.1 Å². The molecule has 20 heavy (non-hydrogen) atoms. The molecule has 0 fully saturated rings. The van der Waals surface area contributed by atoms with Gasteiger partial charge in [-0.1, -0.05) is 49.4 Å². The monoisotopic (exact) mass is 281 g/mol. The van der Waals surface area contributed by atoms with E-state index in [0.717, 1.165) is 22.2 Å². The Kier molecular flexibility index (Phi) is 3.61. The van der Waals surface area contributed by atoms with Crippen molar-refractivity contribution in [2.24, 2.45) is 0 Å². The Labute approximate surface area is 122 Å². The van der Waals surface area contributed by atoms with Crippen LogP contribution in [0.2, 0.25) is 0 Å². The predicted molar refractivity (Wildman–Crippen MR) is 83.4 cm³/mol. The quantitative estimate of drug-likeness (QED) is 0.650. The Morgan fingerprint density at radius 1 is 1.10 bits per heavy atom. The molecule has 2 aromatic carbocycles. The van der Waals surface area contributed by atoms with E-state index in [9.17, 15) is 4.79 Å². The van der Waals surface area contributed by atoms with Crippen LogP contribution in [0.3, 0.4) is 0 Å². The first kappa shape index (κ1) is 13.0. The number of rotatable bonds is 4. The lowest BCUT2D eigenvalue weighted by molar-refractivity contribution is 0.0957. The van der Waals surface area contributed by atoms with Gasteiger partial charge >= 0.3 is 0 Å². The molecule has 0 radical (unpaired) electrons. The van der Waals surface area contributed by atoms with Crippen molar-refractivity contribution in [3.05, 3.63) is 65.2 Å². The van der Waals surface area contributed by atoms with E-state index >= 15 is 0 Å². The summed E-state index contributed by atoms with van der Waals surface area (Å²) in [5, 5.41) is 0.613. The Morgan fingerprint density at radius 3 is 2.50 bits per heavy atom. The number of hydrogen-bond acceptors (Lipinski definition) is 3. The minimum Gasteiger partial charge on any atom is -0.291 e. The zero-order valence-corrected chi connectivity index (χ0v) is 12.1. The van der Waals surface area contributed by atoms with Crippen LogP contribution >= 0.6 is 11.3 Å². The number of aromatic nitrogens is 1. The van der Waals surface area contributed by atoms with E-state index in [4.69, 9.17) is 0 Å². The summed E-state index contributed by atoms with van der Waals surface area (Å²) in [5.74, 6) is 0.0247. The second-order valence-corrected chi connectivity index (χ2v) is 5.75. The summed E-state index contributed by atoms with van der Waals surface area (Å²) in [6.07, 6.45) is 0.790. The molecule has 0 aliphatic heterocycles. The Balaban J connectivity index is 1.98. The van der Waals surface area contributed by atoms with Gasteiger partial charge in [-0.2, -0.15) is 0 Å². The van der Waals surface area contributed by atoms with E-state index in [0.29, 0.717) is 5.01 Å². The first-order valence-electron chi connectivity index (χ1n) is 6.74. The van der Waals surface area contributed by atoms with Crippen molar-refractivity contribution in [3.63, 3.8) is 0 Å². The Hall–Kier alpha value is -2.00. The lowest BCUT2D eigenvalue weighted by atomic mass is 9.92. The number of ketones is 1. The third kappa shape index (κ3) is 2.37. The second kappa shape index (κ2) is 5.55. The molecule has 1 aromatic heterocycles. The highest BCUT2D eigenvalue weighted by molar-refractivity contribution is 7.20. The standard InChI is InChI=1S/C17H15NOS/c1-2-13(12-8-4-3-5-9-12)16(19)17-18-14-10-6-7-11-15(14)20-17/h3-11,13H,2H2,1H3. The third-order valence-corrected chi connectivity index (χ3v) is 4.48. The molecule has 0 bridgehead atoms. The maximum absolute atomic E-state index is 12.7. The summed E-state index contributed by atoms with van der Waals surface area (Å²) in [6.45, 7) is 2.04. The molecule has 100 valence electrons. The molecule has 0 saturated heterocycles. The van der Waals surface area contributed by atoms with E-state index in [1.54, 1.807) is 0 Å². The van der Waals surface area contributed by atoms with Gasteiger partial charge in [-0.15, -0.1) is 11.3 Å². The topological polar surface area (TPSA) is 30.0 Å². The highest BCUT2D eigenvalue weighted by atomic mass is 32.1. The Morgan fingerprint density at radius 2 is 1.80 bits per heavy atom. The van der Waals surface area contributed by atoms with Crippen LogP contribution < -0.4 is 0 Å². The predicted octanol–water partition coefficient (Wildman–Crippen LogP) is 4.67. The van der Waals surface area contributed by atoms with E-state index in [2.05, 4.69) is 4.98 Å². The van der Waals surface area contributed by atoms with Crippen LogP contribution in [-0.4, -0.2) is 10.8 Å². The fraction of sp³-hybridized carbons (Fsp3) is 0.176. The molecule has 0 amide bonds. The smallest absolute Gasteiger partial charge is 0.198 e. The van der Waals surface area contributed by atoms with E-state index < -0.39 is 0 Å². The van der Waals surface area contributed by atoms with Gasteiger partial charge in [0.25, 0.3) is 0 Å². The first-order valence-corrected chi connectivity index (χ1v) is 7.56. The molecule has 0 aliphatic rings. The number of para-hydroxylation sites is 1. The maximum Gasteiger partial charge on any atom is 0.198 e. The number of Topliss-reactive ketones (excluding diaryl/α,β-unsaturated/α-hetero) is 1. The molecule has 3 rings (SSSR count). The number of carbonyl (C=O) groups excluding carboxylic acids is 1. The van der Waals surface area contributed by atoms with Gasteiger partial charge in [-0.3, -0.25) is 4.79 Å². The highest BCUT2D eigenvalue weighted by Crippen LogP contribution is 2.29. The van der Waals surface area contributed by atoms with Gasteiger partial charge in [0.2, 0.25) is 0 Å². The SMILES string of the molecule is CCC(C(=O)c1nc2ccccc2s1)c1ccccc1. The molecular formula is C17H15NOS. The zero-order chi connectivity index (χ0) is 13.9. The maximum atomic E-state index is 12.7.